The quantitative estimate of drug-likeness (QED) is 0.716. The van der Waals surface area contributed by atoms with Crippen molar-refractivity contribution in [3.05, 3.63) is 36.2 Å². The minimum absolute atomic E-state index is 0.147. The largest absolute Gasteiger partial charge is 0.419 e. The van der Waals surface area contributed by atoms with Gasteiger partial charge in [0.25, 0.3) is 5.89 Å². The summed E-state index contributed by atoms with van der Waals surface area (Å²) in [5.74, 6) is 1.27. The van der Waals surface area contributed by atoms with E-state index in [-0.39, 0.29) is 5.91 Å². The van der Waals surface area contributed by atoms with Crippen molar-refractivity contribution in [3.8, 4) is 11.6 Å². The number of hydrogen-bond acceptors (Lipinski definition) is 4. The van der Waals surface area contributed by atoms with Crippen LogP contribution in [-0.2, 0) is 17.8 Å². The van der Waals surface area contributed by atoms with Crippen LogP contribution in [-0.4, -0.2) is 38.7 Å². The van der Waals surface area contributed by atoms with E-state index in [9.17, 15) is 4.79 Å². The van der Waals surface area contributed by atoms with Gasteiger partial charge in [0.2, 0.25) is 11.8 Å². The summed E-state index contributed by atoms with van der Waals surface area (Å²) in [6.45, 7) is 4.09. The molecule has 0 N–H and O–H groups in total. The summed E-state index contributed by atoms with van der Waals surface area (Å²) in [7, 11) is 0. The lowest BCUT2D eigenvalue weighted by Gasteiger charge is -2.17. The summed E-state index contributed by atoms with van der Waals surface area (Å²) < 4.78 is 7.82. The van der Waals surface area contributed by atoms with Crippen LogP contribution in [0.5, 0.6) is 0 Å². The van der Waals surface area contributed by atoms with Gasteiger partial charge in [0, 0.05) is 30.4 Å². The number of fused-ring (bicyclic) bond motifs is 1. The maximum Gasteiger partial charge on any atom is 0.264 e. The molecule has 4 rings (SSSR count). The molecule has 0 unspecified atom stereocenters. The van der Waals surface area contributed by atoms with Crippen molar-refractivity contribution in [2.75, 3.05) is 13.1 Å². The van der Waals surface area contributed by atoms with Crippen LogP contribution in [0.15, 0.2) is 34.7 Å². The molecule has 1 saturated heterocycles. The van der Waals surface area contributed by atoms with E-state index in [0.717, 1.165) is 55.4 Å². The summed E-state index contributed by atoms with van der Waals surface area (Å²) in [6.07, 6.45) is 3.90. The Labute approximate surface area is 146 Å². The first kappa shape index (κ1) is 15.9. The van der Waals surface area contributed by atoms with Gasteiger partial charge in [-0.2, -0.15) is 0 Å². The van der Waals surface area contributed by atoms with Gasteiger partial charge in [0.15, 0.2) is 0 Å². The zero-order valence-corrected chi connectivity index (χ0v) is 14.4. The number of carbonyl (C=O) groups excluding carboxylic acids is 1. The van der Waals surface area contributed by atoms with E-state index >= 15 is 0 Å². The minimum Gasteiger partial charge on any atom is -0.419 e. The molecule has 1 aliphatic heterocycles. The highest BCUT2D eigenvalue weighted by molar-refractivity contribution is 5.88. The number of aryl methyl sites for hydroxylation is 1. The Morgan fingerprint density at radius 2 is 2.00 bits per heavy atom. The smallest absolute Gasteiger partial charge is 0.264 e. The number of likely N-dealkylation sites (tertiary alicyclic amines) is 1. The van der Waals surface area contributed by atoms with Gasteiger partial charge in [-0.3, -0.25) is 4.79 Å². The van der Waals surface area contributed by atoms with Crippen molar-refractivity contribution in [1.82, 2.24) is 19.7 Å². The molecule has 1 fully saturated rings. The van der Waals surface area contributed by atoms with Crippen molar-refractivity contribution in [2.24, 2.45) is 0 Å². The second-order valence-corrected chi connectivity index (χ2v) is 6.51. The van der Waals surface area contributed by atoms with Crippen LogP contribution in [0.1, 0.15) is 32.1 Å². The number of carbonyl (C=O) groups is 1. The number of amides is 1. The molecule has 1 amide bonds. The molecule has 1 aliphatic rings. The first-order valence-electron chi connectivity index (χ1n) is 8.95. The molecule has 6 nitrogen and oxygen atoms in total. The average molecular weight is 338 g/mol. The molecule has 0 radical (unpaired) electrons. The first-order valence-corrected chi connectivity index (χ1v) is 8.95. The van der Waals surface area contributed by atoms with Crippen molar-refractivity contribution in [2.45, 2.75) is 39.2 Å². The molecule has 1 aromatic carbocycles. The number of para-hydroxylation sites is 1. The minimum atomic E-state index is 0.147. The van der Waals surface area contributed by atoms with Gasteiger partial charge in [-0.05, 0) is 31.4 Å². The Morgan fingerprint density at radius 3 is 2.80 bits per heavy atom. The molecular weight excluding hydrogens is 316 g/mol. The summed E-state index contributed by atoms with van der Waals surface area (Å²) in [6, 6.07) is 10.1. The summed E-state index contributed by atoms with van der Waals surface area (Å²) in [4.78, 5) is 14.6. The van der Waals surface area contributed by atoms with Crippen LogP contribution in [0.25, 0.3) is 22.5 Å². The second kappa shape index (κ2) is 6.70. The molecule has 25 heavy (non-hydrogen) atoms. The number of nitrogens with zero attached hydrogens (tertiary/aromatic N) is 4. The molecule has 0 spiro atoms. The molecule has 0 bridgehead atoms. The number of hydrogen-bond donors (Lipinski definition) is 0. The van der Waals surface area contributed by atoms with E-state index < -0.39 is 0 Å². The maximum absolute atomic E-state index is 12.7. The molecule has 2 aromatic heterocycles. The number of aromatic nitrogens is 3. The highest BCUT2D eigenvalue weighted by atomic mass is 16.4. The highest BCUT2D eigenvalue weighted by Crippen LogP contribution is 2.28. The third-order valence-electron chi connectivity index (χ3n) is 4.71. The SMILES string of the molecule is CCCc1nnc(-c2cc3ccccc3n2CC(=O)N2CCCC2)o1. The number of benzene rings is 1. The van der Waals surface area contributed by atoms with E-state index in [2.05, 4.69) is 17.1 Å². The molecule has 0 saturated carbocycles. The molecule has 3 heterocycles. The Bertz CT molecular complexity index is 890. The fourth-order valence-electron chi connectivity index (χ4n) is 3.43. The van der Waals surface area contributed by atoms with Gasteiger partial charge in [0.1, 0.15) is 12.2 Å². The van der Waals surface area contributed by atoms with Crippen LogP contribution in [0.3, 0.4) is 0 Å². The zero-order chi connectivity index (χ0) is 17.2. The Morgan fingerprint density at radius 1 is 1.20 bits per heavy atom. The lowest BCUT2D eigenvalue weighted by Crippen LogP contribution is -2.31. The Hall–Kier alpha value is -2.63. The lowest BCUT2D eigenvalue weighted by atomic mass is 10.2. The highest BCUT2D eigenvalue weighted by Gasteiger charge is 2.22. The monoisotopic (exact) mass is 338 g/mol. The van der Waals surface area contributed by atoms with E-state index in [1.54, 1.807) is 0 Å². The van der Waals surface area contributed by atoms with Crippen LogP contribution in [0.4, 0.5) is 0 Å². The van der Waals surface area contributed by atoms with Crippen molar-refractivity contribution >= 4 is 16.8 Å². The van der Waals surface area contributed by atoms with Crippen molar-refractivity contribution < 1.29 is 9.21 Å². The predicted octanol–water partition coefficient (Wildman–Crippen LogP) is 3.27. The first-order chi connectivity index (χ1) is 12.3. The van der Waals surface area contributed by atoms with Crippen molar-refractivity contribution in [1.29, 1.82) is 0 Å². The normalized spacial score (nSPS) is 14.5. The zero-order valence-electron chi connectivity index (χ0n) is 14.4. The second-order valence-electron chi connectivity index (χ2n) is 6.51. The van der Waals surface area contributed by atoms with E-state index in [1.807, 2.05) is 39.8 Å². The van der Waals surface area contributed by atoms with Crippen LogP contribution in [0.2, 0.25) is 0 Å². The molecule has 3 aromatic rings. The van der Waals surface area contributed by atoms with Crippen LogP contribution >= 0.6 is 0 Å². The fraction of sp³-hybridized carbons (Fsp3) is 0.421. The summed E-state index contributed by atoms with van der Waals surface area (Å²) >= 11 is 0. The van der Waals surface area contributed by atoms with Crippen molar-refractivity contribution in [3.63, 3.8) is 0 Å². The topological polar surface area (TPSA) is 64.2 Å². The molecule has 0 atom stereocenters. The molecular formula is C19H22N4O2. The molecule has 130 valence electrons. The molecule has 0 aliphatic carbocycles. The van der Waals surface area contributed by atoms with Gasteiger partial charge in [-0.15, -0.1) is 10.2 Å². The average Bonchev–Trinajstić information content (AvgIpc) is 3.35. The predicted molar refractivity (Wildman–Crippen MR) is 95.0 cm³/mol. The van der Waals surface area contributed by atoms with E-state index in [0.29, 0.717) is 18.3 Å². The fourth-order valence-corrected chi connectivity index (χ4v) is 3.43. The van der Waals surface area contributed by atoms with Gasteiger partial charge in [-0.1, -0.05) is 25.1 Å². The third kappa shape index (κ3) is 3.04. The maximum atomic E-state index is 12.7. The third-order valence-corrected chi connectivity index (χ3v) is 4.71. The van der Waals surface area contributed by atoms with Crippen LogP contribution < -0.4 is 0 Å². The standard InChI is InChI=1S/C19H22N4O2/c1-2-7-17-20-21-19(25-17)16-12-14-8-3-4-9-15(14)23(16)13-18(24)22-10-5-6-11-22/h3-4,8-9,12H,2,5-7,10-11,13H2,1H3. The van der Waals surface area contributed by atoms with Crippen LogP contribution in [0, 0.1) is 0 Å². The Balaban J connectivity index is 1.73. The van der Waals surface area contributed by atoms with Gasteiger partial charge in [0.05, 0.1) is 0 Å². The van der Waals surface area contributed by atoms with E-state index in [1.165, 1.54) is 0 Å². The summed E-state index contributed by atoms with van der Waals surface area (Å²) in [5, 5.41) is 9.40. The lowest BCUT2D eigenvalue weighted by molar-refractivity contribution is -0.130. The van der Waals surface area contributed by atoms with Gasteiger partial charge >= 0.3 is 0 Å². The Kier molecular flexibility index (Phi) is 4.26. The molecule has 6 heteroatoms. The van der Waals surface area contributed by atoms with Gasteiger partial charge in [-0.25, -0.2) is 0 Å². The summed E-state index contributed by atoms with van der Waals surface area (Å²) in [5.41, 5.74) is 1.82. The van der Waals surface area contributed by atoms with Gasteiger partial charge < -0.3 is 13.9 Å². The number of rotatable bonds is 5. The van der Waals surface area contributed by atoms with E-state index in [4.69, 9.17) is 4.42 Å².